The first-order valence-corrected chi connectivity index (χ1v) is 9.35. The maximum absolute atomic E-state index is 12.5. The monoisotopic (exact) mass is 378 g/mol. The summed E-state index contributed by atoms with van der Waals surface area (Å²) in [6.07, 6.45) is -5.70. The molecule has 0 bridgehead atoms. The number of amides is 2. The van der Waals surface area contributed by atoms with Crippen molar-refractivity contribution in [3.63, 3.8) is 0 Å². The second kappa shape index (κ2) is 6.08. The summed E-state index contributed by atoms with van der Waals surface area (Å²) in [6.45, 7) is -0.124. The molecule has 1 saturated carbocycles. The van der Waals surface area contributed by atoms with Crippen LogP contribution >= 0.6 is 0 Å². The number of sulfone groups is 1. The van der Waals surface area contributed by atoms with Gasteiger partial charge in [-0.2, -0.15) is 13.2 Å². The highest BCUT2D eigenvalue weighted by Gasteiger charge is 2.51. The minimum atomic E-state index is -4.35. The first-order valence-electron chi connectivity index (χ1n) is 7.70. The van der Waals surface area contributed by atoms with Crippen molar-refractivity contribution in [3.8, 4) is 5.75 Å². The summed E-state index contributed by atoms with van der Waals surface area (Å²) >= 11 is 0. The van der Waals surface area contributed by atoms with Crippen LogP contribution in [-0.4, -0.2) is 44.6 Å². The van der Waals surface area contributed by atoms with Crippen molar-refractivity contribution >= 4 is 15.9 Å². The Kier molecular flexibility index (Phi) is 4.34. The van der Waals surface area contributed by atoms with Gasteiger partial charge in [0.1, 0.15) is 16.7 Å². The Hall–Kier alpha value is -1.97. The zero-order valence-corrected chi connectivity index (χ0v) is 13.9. The van der Waals surface area contributed by atoms with Crippen LogP contribution in [-0.2, 0) is 9.84 Å². The zero-order chi connectivity index (χ0) is 18.3. The summed E-state index contributed by atoms with van der Waals surface area (Å²) in [5.74, 6) is -0.102. The van der Waals surface area contributed by atoms with E-state index in [1.54, 1.807) is 12.1 Å². The topological polar surface area (TPSA) is 84.5 Å². The van der Waals surface area contributed by atoms with Gasteiger partial charge in [-0.3, -0.25) is 0 Å². The van der Waals surface area contributed by atoms with Gasteiger partial charge in [0.05, 0.1) is 24.3 Å². The van der Waals surface area contributed by atoms with Gasteiger partial charge in [-0.15, -0.1) is 0 Å². The van der Waals surface area contributed by atoms with Gasteiger partial charge in [0, 0.05) is 0 Å². The third kappa shape index (κ3) is 4.36. The molecule has 10 heteroatoms. The number of carbonyl (C=O) groups excluding carboxylic acids is 1. The molecule has 3 rings (SSSR count). The minimum absolute atomic E-state index is 0.0952. The van der Waals surface area contributed by atoms with Crippen molar-refractivity contribution in [3.05, 3.63) is 24.3 Å². The number of fused-ring (bicyclic) bond motifs is 1. The first-order chi connectivity index (χ1) is 11.6. The van der Waals surface area contributed by atoms with Gasteiger partial charge < -0.3 is 15.4 Å². The van der Waals surface area contributed by atoms with Crippen molar-refractivity contribution < 1.29 is 31.1 Å². The quantitative estimate of drug-likeness (QED) is 0.839. The van der Waals surface area contributed by atoms with E-state index in [0.29, 0.717) is 0 Å². The van der Waals surface area contributed by atoms with Gasteiger partial charge in [-0.05, 0) is 25.0 Å². The molecule has 0 spiro atoms. The Labute approximate surface area is 142 Å². The second-order valence-corrected chi connectivity index (χ2v) is 8.38. The summed E-state index contributed by atoms with van der Waals surface area (Å²) in [6, 6.07) is 5.41. The minimum Gasteiger partial charge on any atom is -0.486 e. The SMILES string of the molecule is O=C(NCC1CS(=O)(=O)c2ccccc2O1)NC1(CC(F)(F)F)CC1. The molecule has 0 aromatic heterocycles. The number of halogens is 3. The zero-order valence-electron chi connectivity index (χ0n) is 13.1. The molecule has 1 heterocycles. The Morgan fingerprint density at radius 3 is 2.60 bits per heavy atom. The van der Waals surface area contributed by atoms with Crippen LogP contribution in [0.2, 0.25) is 0 Å². The first kappa shape index (κ1) is 17.8. The van der Waals surface area contributed by atoms with Crippen LogP contribution in [0, 0.1) is 0 Å². The lowest BCUT2D eigenvalue weighted by Gasteiger charge is -2.26. The molecule has 6 nitrogen and oxygen atoms in total. The van der Waals surface area contributed by atoms with E-state index in [0.717, 1.165) is 0 Å². The molecular formula is C15H17F3N2O4S. The fraction of sp³-hybridized carbons (Fsp3) is 0.533. The average molecular weight is 378 g/mol. The molecule has 1 aromatic rings. The van der Waals surface area contributed by atoms with E-state index in [4.69, 9.17) is 4.74 Å². The van der Waals surface area contributed by atoms with Gasteiger partial charge in [-0.25, -0.2) is 13.2 Å². The van der Waals surface area contributed by atoms with E-state index in [1.165, 1.54) is 12.1 Å². The van der Waals surface area contributed by atoms with E-state index in [2.05, 4.69) is 10.6 Å². The normalized spacial score (nSPS) is 23.1. The summed E-state index contributed by atoms with van der Waals surface area (Å²) in [7, 11) is -3.53. The van der Waals surface area contributed by atoms with Crippen LogP contribution in [0.25, 0.3) is 0 Å². The molecule has 1 fully saturated rings. The van der Waals surface area contributed by atoms with Crippen molar-refractivity contribution in [2.45, 2.75) is 42.0 Å². The van der Waals surface area contributed by atoms with Gasteiger partial charge >= 0.3 is 12.2 Å². The largest absolute Gasteiger partial charge is 0.486 e. The molecule has 138 valence electrons. The number of hydrogen-bond acceptors (Lipinski definition) is 4. The number of nitrogens with one attached hydrogen (secondary N) is 2. The lowest BCUT2D eigenvalue weighted by Crippen LogP contribution is -2.49. The fourth-order valence-corrected chi connectivity index (χ4v) is 4.39. The molecule has 1 aromatic carbocycles. The number of carbonyl (C=O) groups is 1. The molecule has 2 aliphatic rings. The van der Waals surface area contributed by atoms with E-state index in [9.17, 15) is 26.4 Å². The maximum Gasteiger partial charge on any atom is 0.391 e. The molecule has 2 N–H and O–H groups in total. The van der Waals surface area contributed by atoms with Crippen LogP contribution < -0.4 is 15.4 Å². The van der Waals surface area contributed by atoms with Crippen molar-refractivity contribution in [2.75, 3.05) is 12.3 Å². The lowest BCUT2D eigenvalue weighted by molar-refractivity contribution is -0.141. The molecule has 1 aliphatic heterocycles. The highest BCUT2D eigenvalue weighted by molar-refractivity contribution is 7.91. The molecule has 25 heavy (non-hydrogen) atoms. The number of para-hydroxylation sites is 1. The van der Waals surface area contributed by atoms with E-state index in [1.807, 2.05) is 0 Å². The van der Waals surface area contributed by atoms with Crippen LogP contribution in [0.4, 0.5) is 18.0 Å². The Balaban J connectivity index is 1.55. The smallest absolute Gasteiger partial charge is 0.391 e. The molecule has 0 radical (unpaired) electrons. The third-order valence-electron chi connectivity index (χ3n) is 4.14. The van der Waals surface area contributed by atoms with E-state index in [-0.39, 0.29) is 35.8 Å². The van der Waals surface area contributed by atoms with Gasteiger partial charge in [0.2, 0.25) is 0 Å². The summed E-state index contributed by atoms with van der Waals surface area (Å²) in [4.78, 5) is 11.9. The van der Waals surface area contributed by atoms with E-state index < -0.39 is 40.1 Å². The maximum atomic E-state index is 12.5. The molecule has 2 amide bonds. The average Bonchev–Trinajstić information content (AvgIpc) is 3.21. The number of ether oxygens (including phenoxy) is 1. The summed E-state index contributed by atoms with van der Waals surface area (Å²) < 4.78 is 67.4. The van der Waals surface area contributed by atoms with Crippen molar-refractivity contribution in [2.24, 2.45) is 0 Å². The van der Waals surface area contributed by atoms with Crippen molar-refractivity contribution in [1.82, 2.24) is 10.6 Å². The third-order valence-corrected chi connectivity index (χ3v) is 5.96. The Morgan fingerprint density at radius 1 is 1.28 bits per heavy atom. The van der Waals surface area contributed by atoms with Crippen LogP contribution in [0.1, 0.15) is 19.3 Å². The molecular weight excluding hydrogens is 361 g/mol. The Morgan fingerprint density at radius 2 is 1.96 bits per heavy atom. The van der Waals surface area contributed by atoms with Crippen molar-refractivity contribution in [1.29, 1.82) is 0 Å². The van der Waals surface area contributed by atoms with Gasteiger partial charge in [0.25, 0.3) is 0 Å². The molecule has 1 aliphatic carbocycles. The highest BCUT2D eigenvalue weighted by atomic mass is 32.2. The predicted molar refractivity (Wildman–Crippen MR) is 82.1 cm³/mol. The number of urea groups is 1. The highest BCUT2D eigenvalue weighted by Crippen LogP contribution is 2.44. The standard InChI is InChI=1S/C15H17F3N2O4S/c16-15(17,18)9-14(5-6-14)20-13(21)19-7-10-8-25(22,23)12-4-2-1-3-11(12)24-10/h1-4,10H,5-9H2,(H2,19,20,21). The second-order valence-electron chi connectivity index (χ2n) is 6.38. The number of hydrogen-bond donors (Lipinski definition) is 2. The summed E-state index contributed by atoms with van der Waals surface area (Å²) in [5.41, 5.74) is -1.24. The Bertz CT molecular complexity index is 775. The van der Waals surface area contributed by atoms with Crippen LogP contribution in [0.15, 0.2) is 29.2 Å². The van der Waals surface area contributed by atoms with Crippen LogP contribution in [0.5, 0.6) is 5.75 Å². The molecule has 1 unspecified atom stereocenters. The molecule has 1 atom stereocenters. The van der Waals surface area contributed by atoms with Crippen LogP contribution in [0.3, 0.4) is 0 Å². The predicted octanol–water partition coefficient (Wildman–Crippen LogP) is 2.01. The number of rotatable bonds is 4. The van der Waals surface area contributed by atoms with Gasteiger partial charge in [0.15, 0.2) is 9.84 Å². The number of benzene rings is 1. The van der Waals surface area contributed by atoms with E-state index >= 15 is 0 Å². The fourth-order valence-electron chi connectivity index (χ4n) is 2.83. The molecule has 0 saturated heterocycles. The van der Waals surface area contributed by atoms with Gasteiger partial charge in [-0.1, -0.05) is 12.1 Å². The number of alkyl halides is 3. The lowest BCUT2D eigenvalue weighted by atomic mass is 10.2. The summed E-state index contributed by atoms with van der Waals surface area (Å²) in [5, 5.41) is 4.72.